The lowest BCUT2D eigenvalue weighted by Crippen LogP contribution is -1.94. The molecule has 0 saturated heterocycles. The molecule has 0 aliphatic heterocycles. The van der Waals surface area contributed by atoms with Crippen LogP contribution in [-0.2, 0) is 13.6 Å². The molecule has 0 radical (unpaired) electrons. The van der Waals surface area contributed by atoms with Gasteiger partial charge in [-0.05, 0) is 0 Å². The minimum absolute atomic E-state index is 0.712. The van der Waals surface area contributed by atoms with Crippen molar-refractivity contribution in [2.24, 2.45) is 7.05 Å². The first-order valence-electron chi connectivity index (χ1n) is 2.86. The van der Waals surface area contributed by atoms with Crippen molar-refractivity contribution >= 4 is 0 Å². The van der Waals surface area contributed by atoms with Crippen LogP contribution in [0.2, 0.25) is 0 Å². The van der Waals surface area contributed by atoms with Gasteiger partial charge in [0, 0.05) is 19.4 Å². The van der Waals surface area contributed by atoms with Crippen LogP contribution in [-0.4, -0.2) is 16.6 Å². The summed E-state index contributed by atoms with van der Waals surface area (Å²) in [4.78, 5) is 4.07. The molecular weight excluding hydrogens is 114 g/mol. The van der Waals surface area contributed by atoms with E-state index in [1.54, 1.807) is 13.2 Å². The molecule has 9 heavy (non-hydrogen) atoms. The second kappa shape index (κ2) is 2.64. The number of aryl methyl sites for hydroxylation is 1. The molecule has 0 aromatic carbocycles. The number of aromatic nitrogens is 2. The van der Waals surface area contributed by atoms with Crippen molar-refractivity contribution < 1.29 is 0 Å². The predicted octanol–water partition coefficient (Wildman–Crippen LogP) is 0.924. The van der Waals surface area contributed by atoms with E-state index in [0.717, 1.165) is 5.82 Å². The van der Waals surface area contributed by atoms with E-state index in [1.807, 2.05) is 17.8 Å². The summed E-state index contributed by atoms with van der Waals surface area (Å²) in [6, 6.07) is 0. The van der Waals surface area contributed by atoms with E-state index in [2.05, 4.69) is 10.3 Å². The van der Waals surface area contributed by atoms with Gasteiger partial charge < -0.3 is 9.88 Å². The zero-order valence-electron chi connectivity index (χ0n) is 5.70. The molecule has 1 heterocycles. The molecule has 0 aliphatic carbocycles. The number of nitrogens with zero attached hydrogens (tertiary/aromatic N) is 3. The van der Waals surface area contributed by atoms with Gasteiger partial charge in [0.25, 0.3) is 0 Å². The molecule has 0 amide bonds. The van der Waals surface area contributed by atoms with Gasteiger partial charge in [-0.15, -0.1) is 0 Å². The molecule has 0 atom stereocenters. The van der Waals surface area contributed by atoms with Crippen LogP contribution in [0.4, 0.5) is 0 Å². The van der Waals surface area contributed by atoms with Gasteiger partial charge in [0.05, 0.1) is 5.82 Å². The monoisotopic (exact) mass is 124 g/mol. The van der Waals surface area contributed by atoms with Crippen molar-refractivity contribution in [3.8, 4) is 0 Å². The molecule has 3 heteroatoms. The summed E-state index contributed by atoms with van der Waals surface area (Å²) in [5.41, 5.74) is 0. The molecule has 0 fully saturated rings. The minimum Gasteiger partial charge on any atom is -0.659 e. The molecule has 0 N–H and O–H groups in total. The fraction of sp³-hybridized carbons (Fsp3) is 0.500. The third kappa shape index (κ3) is 1.29. The largest absolute Gasteiger partial charge is 0.659 e. The highest BCUT2D eigenvalue weighted by molar-refractivity contribution is 4.95. The maximum Gasteiger partial charge on any atom is 0.0871 e. The maximum atomic E-state index is 4.07. The van der Waals surface area contributed by atoms with Crippen molar-refractivity contribution in [2.45, 2.75) is 6.54 Å². The summed E-state index contributed by atoms with van der Waals surface area (Å²) in [7, 11) is 3.75. The van der Waals surface area contributed by atoms with Crippen molar-refractivity contribution in [3.05, 3.63) is 23.5 Å². The first-order valence-corrected chi connectivity index (χ1v) is 2.86. The smallest absolute Gasteiger partial charge is 0.0871 e. The third-order valence-corrected chi connectivity index (χ3v) is 1.22. The topological polar surface area (TPSA) is 31.9 Å². The molecule has 50 valence electrons. The Labute approximate surface area is 54.7 Å². The van der Waals surface area contributed by atoms with Gasteiger partial charge in [0.1, 0.15) is 0 Å². The lowest BCUT2D eigenvalue weighted by molar-refractivity contribution is 0.820. The minimum atomic E-state index is 0.712. The first kappa shape index (κ1) is 6.29. The van der Waals surface area contributed by atoms with Crippen LogP contribution in [0.15, 0.2) is 12.4 Å². The van der Waals surface area contributed by atoms with Gasteiger partial charge >= 0.3 is 0 Å². The number of hydrogen-bond donors (Lipinski definition) is 0. The van der Waals surface area contributed by atoms with E-state index in [-0.39, 0.29) is 0 Å². The molecule has 1 aromatic heterocycles. The fourth-order valence-electron chi connectivity index (χ4n) is 0.690. The van der Waals surface area contributed by atoms with E-state index in [9.17, 15) is 0 Å². The number of hydrogen-bond acceptors (Lipinski definition) is 1. The van der Waals surface area contributed by atoms with Crippen molar-refractivity contribution in [1.29, 1.82) is 0 Å². The molecule has 0 saturated carbocycles. The molecule has 0 aliphatic rings. The average molecular weight is 124 g/mol. The standard InChI is InChI=1S/C6H10N3/c1-7-5-6-8-3-4-9(6)2/h3-4H,5H2,1-2H3/q-1. The Morgan fingerprint density at radius 2 is 2.56 bits per heavy atom. The third-order valence-electron chi connectivity index (χ3n) is 1.22. The molecule has 0 unspecified atom stereocenters. The van der Waals surface area contributed by atoms with Crippen molar-refractivity contribution in [3.63, 3.8) is 0 Å². The van der Waals surface area contributed by atoms with Gasteiger partial charge in [0.15, 0.2) is 0 Å². The zero-order chi connectivity index (χ0) is 6.69. The Kier molecular flexibility index (Phi) is 1.85. The summed E-state index contributed by atoms with van der Waals surface area (Å²) < 4.78 is 1.97. The lowest BCUT2D eigenvalue weighted by atomic mass is 10.6. The van der Waals surface area contributed by atoms with Gasteiger partial charge in [-0.2, -0.15) is 7.05 Å². The van der Waals surface area contributed by atoms with E-state index < -0.39 is 0 Å². The summed E-state index contributed by atoms with van der Waals surface area (Å²) in [6.45, 7) is 0.712. The summed E-state index contributed by atoms with van der Waals surface area (Å²) >= 11 is 0. The van der Waals surface area contributed by atoms with Crippen LogP contribution in [0, 0.1) is 0 Å². The molecule has 3 nitrogen and oxygen atoms in total. The average Bonchev–Trinajstić information content (AvgIpc) is 2.18. The second-order valence-corrected chi connectivity index (χ2v) is 1.93. The Balaban J connectivity index is 2.69. The Morgan fingerprint density at radius 3 is 3.00 bits per heavy atom. The van der Waals surface area contributed by atoms with Gasteiger partial charge in [-0.1, -0.05) is 6.54 Å². The summed E-state index contributed by atoms with van der Waals surface area (Å²) in [6.07, 6.45) is 3.70. The van der Waals surface area contributed by atoms with Crippen LogP contribution in [0.3, 0.4) is 0 Å². The van der Waals surface area contributed by atoms with Crippen LogP contribution >= 0.6 is 0 Å². The maximum absolute atomic E-state index is 4.07. The lowest BCUT2D eigenvalue weighted by Gasteiger charge is -2.09. The second-order valence-electron chi connectivity index (χ2n) is 1.93. The van der Waals surface area contributed by atoms with Gasteiger partial charge in [0.2, 0.25) is 0 Å². The fourth-order valence-corrected chi connectivity index (χ4v) is 0.690. The Morgan fingerprint density at radius 1 is 1.78 bits per heavy atom. The van der Waals surface area contributed by atoms with Gasteiger partial charge in [-0.25, -0.2) is 4.98 Å². The van der Waals surface area contributed by atoms with Crippen LogP contribution in [0.25, 0.3) is 5.32 Å². The van der Waals surface area contributed by atoms with E-state index in [4.69, 9.17) is 0 Å². The highest BCUT2D eigenvalue weighted by Crippen LogP contribution is 1.97. The Hall–Kier alpha value is -0.830. The quantitative estimate of drug-likeness (QED) is 0.577. The zero-order valence-corrected chi connectivity index (χ0v) is 5.70. The predicted molar refractivity (Wildman–Crippen MR) is 36.2 cm³/mol. The van der Waals surface area contributed by atoms with E-state index in [1.165, 1.54) is 0 Å². The summed E-state index contributed by atoms with van der Waals surface area (Å²) in [5, 5.41) is 3.96. The molecule has 1 aromatic rings. The molecule has 1 rings (SSSR count). The number of imidazole rings is 1. The molecule has 0 spiro atoms. The van der Waals surface area contributed by atoms with Crippen LogP contribution < -0.4 is 0 Å². The van der Waals surface area contributed by atoms with E-state index in [0.29, 0.717) is 6.54 Å². The molecule has 0 bridgehead atoms. The normalized spacial score (nSPS) is 10.0. The summed E-state index contributed by atoms with van der Waals surface area (Å²) in [5.74, 6) is 1.01. The van der Waals surface area contributed by atoms with E-state index >= 15 is 0 Å². The SMILES string of the molecule is C[N-]Cc1nccn1C. The van der Waals surface area contributed by atoms with Crippen molar-refractivity contribution in [1.82, 2.24) is 9.55 Å². The highest BCUT2D eigenvalue weighted by Gasteiger charge is 1.87. The van der Waals surface area contributed by atoms with Crippen LogP contribution in [0.5, 0.6) is 0 Å². The van der Waals surface area contributed by atoms with Gasteiger partial charge in [-0.3, -0.25) is 0 Å². The number of rotatable bonds is 2. The first-order chi connectivity index (χ1) is 4.34. The van der Waals surface area contributed by atoms with Crippen molar-refractivity contribution in [2.75, 3.05) is 7.05 Å². The highest BCUT2D eigenvalue weighted by atomic mass is 15.1. The molecular formula is C6H10N3-. The van der Waals surface area contributed by atoms with Crippen LogP contribution in [0.1, 0.15) is 5.82 Å². The Bertz CT molecular complexity index is 180.